The number of carbonyl (C=O) groups excluding carboxylic acids is 4. The number of primary amides is 3. The molecule has 9 atom stereocenters. The summed E-state index contributed by atoms with van der Waals surface area (Å²) in [6.07, 6.45) is -30.8. The molecule has 3 aliphatic rings. The molecule has 0 aliphatic heterocycles. The number of nitrogens with one attached hydrogen (secondary N) is 3. The van der Waals surface area contributed by atoms with Crippen molar-refractivity contribution in [3.63, 3.8) is 0 Å². The molecular formula is C42H69Cl4K2N13O9. The number of aromatic amines is 2. The first-order valence-corrected chi connectivity index (χ1v) is 19.1. The zero-order valence-corrected chi connectivity index (χ0v) is 45.8. The molecule has 28 heteroatoms. The Morgan fingerprint density at radius 2 is 1.29 bits per heavy atom. The van der Waals surface area contributed by atoms with Gasteiger partial charge in [0.05, 0.1) is 55.2 Å². The molecule has 386 valence electrons. The molecular weight excluding hydrogens is 1050 g/mol. The van der Waals surface area contributed by atoms with Crippen LogP contribution in [-0.2, 0) is 9.68 Å². The van der Waals surface area contributed by atoms with Gasteiger partial charge in [-0.3, -0.25) is 29.2 Å². The van der Waals surface area contributed by atoms with Crippen molar-refractivity contribution in [2.45, 2.75) is 148 Å². The van der Waals surface area contributed by atoms with Crippen LogP contribution in [0.3, 0.4) is 0 Å². The fraction of sp³-hybridized carbons (Fsp3) is 0.619. The molecule has 0 aromatic carbocycles. The second-order valence-corrected chi connectivity index (χ2v) is 14.2. The van der Waals surface area contributed by atoms with Crippen LogP contribution < -0.4 is 147 Å². The van der Waals surface area contributed by atoms with Gasteiger partial charge in [-0.1, -0.05) is 39.6 Å². The van der Waals surface area contributed by atoms with Crippen molar-refractivity contribution >= 4 is 77.4 Å². The van der Waals surface area contributed by atoms with Crippen LogP contribution in [0.2, 0.25) is 15.7 Å². The molecule has 3 saturated carbocycles. The summed E-state index contributed by atoms with van der Waals surface area (Å²) in [6.45, 7) is -9.49. The SMILES string of the molecule is C.Cl.O=CO[O-].[2H]C([2H])([2H])C1C([2H])([2H])CC(N)C([2H])([2H])C1([2H])O.[2H]c1nc(Cl)[nH]c(=NC2CC([2H])([2H])C(C([2H])([2H])[2H])C([2H])(O)C2([2H])[2H])c1C(N)=O.[2H]c1nc(Cl)nc(Cl)c1C(N)=O.[2H]c1nc(NC(C)(C)C([2H])([2H])[2H])[nH]c(=NC2CC([2H])([2H])C(C([2H])([2H])[2H])C([2H])(O)C2([2H])[2H])c1C(N)=O.[H-].[K+].[K+]. The zero-order valence-electron chi connectivity index (χ0n) is 67.5. The van der Waals surface area contributed by atoms with Crippen molar-refractivity contribution in [2.75, 3.05) is 5.32 Å². The van der Waals surface area contributed by atoms with Crippen LogP contribution >= 0.6 is 47.2 Å². The van der Waals surface area contributed by atoms with Gasteiger partial charge in [0, 0.05) is 63.0 Å². The Labute approximate surface area is 558 Å². The molecule has 14 N–H and O–H groups in total. The molecule has 22 nitrogen and oxygen atoms in total. The predicted molar refractivity (Wildman–Crippen MR) is 259 cm³/mol. The second kappa shape index (κ2) is 36.7. The summed E-state index contributed by atoms with van der Waals surface area (Å²) >= 11 is 16.5. The fourth-order valence-corrected chi connectivity index (χ4v) is 4.99. The monoisotopic (exact) mass is 1150 g/mol. The molecule has 0 bridgehead atoms. The first kappa shape index (κ1) is 34.4. The summed E-state index contributed by atoms with van der Waals surface area (Å²) in [7, 11) is 0. The average Bonchev–Trinajstić information content (AvgIpc) is 0.726. The predicted octanol–water partition coefficient (Wildman–Crippen LogP) is -3.23. The first-order valence-electron chi connectivity index (χ1n) is 32.9. The minimum Gasteiger partial charge on any atom is -1.00 e. The molecule has 3 amide bonds. The number of anilines is 1. The minimum absolute atomic E-state index is 0. The number of nitrogens with two attached hydrogens (primary N) is 4. The van der Waals surface area contributed by atoms with Gasteiger partial charge in [-0.15, -0.1) is 12.4 Å². The van der Waals surface area contributed by atoms with E-state index in [2.05, 4.69) is 50.1 Å². The molecule has 3 aromatic heterocycles. The number of aromatic nitrogens is 6. The summed E-state index contributed by atoms with van der Waals surface area (Å²) < 4.78 is 231. The van der Waals surface area contributed by atoms with Crippen LogP contribution in [-0.4, -0.2) is 111 Å². The Morgan fingerprint density at radius 3 is 1.71 bits per heavy atom. The van der Waals surface area contributed by atoms with E-state index in [1.807, 2.05) is 0 Å². The minimum atomic E-state index is -3.47. The van der Waals surface area contributed by atoms with Crippen LogP contribution in [0, 0.1) is 17.8 Å². The van der Waals surface area contributed by atoms with Gasteiger partial charge in [0.1, 0.15) is 16.1 Å². The maximum Gasteiger partial charge on any atom is 1.00 e. The summed E-state index contributed by atoms with van der Waals surface area (Å²) in [5.74, 6) is -10.5. The van der Waals surface area contributed by atoms with E-state index in [0.717, 1.165) is 0 Å². The number of halogens is 4. The van der Waals surface area contributed by atoms with Crippen molar-refractivity contribution in [3.8, 4) is 0 Å². The third kappa shape index (κ3) is 27.3. The molecule has 3 fully saturated rings. The number of hydrogen-bond donors (Lipinski definition) is 10. The van der Waals surface area contributed by atoms with Gasteiger partial charge in [0.2, 0.25) is 16.5 Å². The number of rotatable bonds is 7. The van der Waals surface area contributed by atoms with Gasteiger partial charge in [0.15, 0.2) is 0 Å². The van der Waals surface area contributed by atoms with E-state index in [4.69, 9.17) is 109 Å². The van der Waals surface area contributed by atoms with E-state index in [9.17, 15) is 29.7 Å². The Kier molecular flexibility index (Phi) is 18.0. The molecule has 3 heterocycles. The van der Waals surface area contributed by atoms with Gasteiger partial charge >= 0.3 is 103 Å². The smallest absolute Gasteiger partial charge is 1.00 e. The average molecular weight is 1150 g/mol. The van der Waals surface area contributed by atoms with Crippen molar-refractivity contribution in [2.24, 2.45) is 50.7 Å². The quantitative estimate of drug-likeness (QED) is 0.0278. The van der Waals surface area contributed by atoms with Gasteiger partial charge in [-0.2, -0.15) is 0 Å². The fourth-order valence-electron chi connectivity index (χ4n) is 4.47. The van der Waals surface area contributed by atoms with Crippen LogP contribution in [0.15, 0.2) is 28.5 Å². The number of nitrogens with zero attached hydrogens (tertiary/aromatic N) is 6. The van der Waals surface area contributed by atoms with Gasteiger partial charge in [-0.25, -0.2) is 19.9 Å². The van der Waals surface area contributed by atoms with Crippen molar-refractivity contribution in [1.29, 1.82) is 0 Å². The van der Waals surface area contributed by atoms with Gasteiger partial charge < -0.3 is 65.1 Å². The maximum atomic E-state index is 12.0. The third-order valence-corrected chi connectivity index (χ3v) is 7.89. The second-order valence-electron chi connectivity index (χ2n) is 13.1. The third-order valence-electron chi connectivity index (χ3n) is 7.27. The summed E-state index contributed by atoms with van der Waals surface area (Å²) in [4.78, 5) is 72.1. The van der Waals surface area contributed by atoms with Crippen molar-refractivity contribution in [3.05, 3.63) is 61.9 Å². The molecule has 9 unspecified atom stereocenters. The van der Waals surface area contributed by atoms with E-state index in [0.29, 0.717) is 0 Å². The van der Waals surface area contributed by atoms with Gasteiger partial charge in [0.25, 0.3) is 24.2 Å². The van der Waals surface area contributed by atoms with E-state index >= 15 is 0 Å². The number of hydrogen-bond acceptors (Lipinski definition) is 17. The first-order chi connectivity index (χ1) is 42.5. The standard InChI is InChI=1S/C16H27N5O2.C12H17ClN4O2.C7H15NO.C5H3Cl2N3O.CH2O3.CH4.ClH.2K.H/c1-9-5-6-10(7-12(9)22)19-14-11(13(17)23)8-18-15(20-14)21-16(2,3)4;1-6-2-3-7(4-9(6)18)16-11-8(10(14)19)5-15-12(13)17-11;1-5-2-3-6(8)4-7(5)9;6-3-2(4(8)11)1-9-5(7)10-3;2-1-4-3;;;;;/h8-10,12,22H,5-7H2,1-4H3,(H2,17,23)(H2,18,19,20,21);5-7,9,18H,2-4H2,1H3,(H2,14,19)(H,15,16,17);5-7,9H,2-4,8H2,1H3;1H,(H2,8,11);1,3H;1H4;1H;;;/q;;;;;;;2*+1;-1/p-1/i1D3,2D3,5D2,7D2,8D,12D;1D3,2D2,4D2,5D,9D;1D3,2D2,4D2,7D;1D;;;;;;. The Hall–Kier alpha value is -1.25. The molecule has 0 saturated heterocycles. The van der Waals surface area contributed by atoms with Gasteiger partial charge in [-0.05, 0) is 119 Å². The zero-order chi connectivity index (χ0) is 76.0. The Morgan fingerprint density at radius 1 is 0.857 bits per heavy atom. The molecule has 70 heavy (non-hydrogen) atoms. The van der Waals surface area contributed by atoms with Crippen LogP contribution in [0.4, 0.5) is 5.95 Å². The normalized spacial score (nSPS) is 38.4. The Bertz CT molecular complexity index is 3500. The topological polar surface area (TPSA) is 385 Å². The molecule has 3 aliphatic carbocycles. The molecule has 6 rings (SSSR count). The van der Waals surface area contributed by atoms with Crippen LogP contribution in [0.25, 0.3) is 0 Å². The summed E-state index contributed by atoms with van der Waals surface area (Å²) in [6, 6.07) is -5.16. The summed E-state index contributed by atoms with van der Waals surface area (Å²) in [5.41, 5.74) is 16.7. The van der Waals surface area contributed by atoms with E-state index in [1.165, 1.54) is 13.8 Å². The number of amides is 3. The number of aliphatic hydroxyl groups is 3. The van der Waals surface area contributed by atoms with Crippen molar-refractivity contribution in [1.82, 2.24) is 29.9 Å². The molecule has 0 radical (unpaired) electrons. The largest absolute Gasteiger partial charge is 1.00 e. The Balaban J connectivity index is -0.000000636. The van der Waals surface area contributed by atoms with Crippen molar-refractivity contribution < 1.29 is 190 Å². The van der Waals surface area contributed by atoms with Crippen LogP contribution in [0.1, 0.15) is 180 Å². The number of H-pyrrole nitrogens is 2. The van der Waals surface area contributed by atoms with E-state index in [-0.39, 0.29) is 159 Å². The molecule has 0 spiro atoms. The maximum absolute atomic E-state index is 12.0. The van der Waals surface area contributed by atoms with E-state index in [1.54, 1.807) is 0 Å². The number of carbonyl (C=O) groups is 4. The van der Waals surface area contributed by atoms with Crippen LogP contribution in [0.5, 0.6) is 0 Å². The van der Waals surface area contributed by atoms with E-state index < -0.39 is 202 Å². The summed E-state index contributed by atoms with van der Waals surface area (Å²) in [5, 5.41) is 41.0. The molecule has 3 aromatic rings.